The van der Waals surface area contributed by atoms with E-state index < -0.39 is 8.32 Å². The third-order valence-corrected chi connectivity index (χ3v) is 10.1. The van der Waals surface area contributed by atoms with Crippen molar-refractivity contribution in [2.24, 2.45) is 0 Å². The monoisotopic (exact) mass is 380 g/mol. The number of benzene rings is 2. The summed E-state index contributed by atoms with van der Waals surface area (Å²) in [6.07, 6.45) is 4.88. The van der Waals surface area contributed by atoms with Crippen molar-refractivity contribution in [1.82, 2.24) is 0 Å². The van der Waals surface area contributed by atoms with Crippen LogP contribution in [-0.4, -0.2) is 27.0 Å². The normalized spacial score (nSPS) is 17.1. The predicted molar refractivity (Wildman–Crippen MR) is 112 cm³/mol. The Morgan fingerprint density at radius 1 is 0.963 bits per heavy atom. The van der Waals surface area contributed by atoms with Crippen LogP contribution in [0.3, 0.4) is 0 Å². The van der Waals surface area contributed by atoms with E-state index in [9.17, 15) is 4.79 Å². The summed E-state index contributed by atoms with van der Waals surface area (Å²) in [4.78, 5) is 11.2. The van der Waals surface area contributed by atoms with Crippen molar-refractivity contribution in [3.8, 4) is 0 Å². The summed E-state index contributed by atoms with van der Waals surface area (Å²) in [5.41, 5.74) is 0. The third-order valence-electron chi connectivity index (χ3n) is 5.08. The van der Waals surface area contributed by atoms with Crippen molar-refractivity contribution < 1.29 is 14.0 Å². The first-order valence-corrected chi connectivity index (χ1v) is 11.5. The molecule has 0 spiro atoms. The summed E-state index contributed by atoms with van der Waals surface area (Å²) in [7, 11) is -2.47. The average molecular weight is 381 g/mol. The number of carbonyl (C=O) groups is 1. The second-order valence-electron chi connectivity index (χ2n) is 7.99. The van der Waals surface area contributed by atoms with Crippen LogP contribution in [0.15, 0.2) is 72.8 Å². The standard InChI is InChI=1S/C23H28O3Si/c1-23(2,3)27(20-12-6-4-7-13-20,21-14-8-5-9-15-21)25-18-10-11-19-16-17-22(24)26-19/h4-9,12-17,19H,10-11,18H2,1-3H3/t19-/m0/s1. The summed E-state index contributed by atoms with van der Waals surface area (Å²) in [5, 5.41) is 2.56. The first-order valence-electron chi connectivity index (χ1n) is 9.57. The highest BCUT2D eigenvalue weighted by Crippen LogP contribution is 2.36. The van der Waals surface area contributed by atoms with Gasteiger partial charge in [-0.05, 0) is 34.3 Å². The highest BCUT2D eigenvalue weighted by atomic mass is 28.4. The molecule has 0 amide bonds. The molecular formula is C23H28O3Si. The number of cyclic esters (lactones) is 1. The highest BCUT2D eigenvalue weighted by Gasteiger charge is 2.49. The molecule has 2 aromatic carbocycles. The smallest absolute Gasteiger partial charge is 0.331 e. The van der Waals surface area contributed by atoms with Crippen molar-refractivity contribution in [3.63, 3.8) is 0 Å². The minimum Gasteiger partial charge on any atom is -0.455 e. The van der Waals surface area contributed by atoms with Gasteiger partial charge < -0.3 is 9.16 Å². The van der Waals surface area contributed by atoms with E-state index in [-0.39, 0.29) is 17.1 Å². The molecule has 2 aromatic rings. The quantitative estimate of drug-likeness (QED) is 0.416. The van der Waals surface area contributed by atoms with Crippen molar-refractivity contribution in [2.75, 3.05) is 6.61 Å². The molecule has 1 heterocycles. The first-order chi connectivity index (χ1) is 12.9. The maximum absolute atomic E-state index is 11.2. The summed E-state index contributed by atoms with van der Waals surface area (Å²) in [6, 6.07) is 21.3. The molecule has 0 saturated carbocycles. The predicted octanol–water partition coefficient (Wildman–Crippen LogP) is 3.82. The summed E-state index contributed by atoms with van der Waals surface area (Å²) >= 11 is 0. The lowest BCUT2D eigenvalue weighted by Gasteiger charge is -2.43. The van der Waals surface area contributed by atoms with Crippen LogP contribution in [0.4, 0.5) is 0 Å². The maximum Gasteiger partial charge on any atom is 0.331 e. The van der Waals surface area contributed by atoms with Gasteiger partial charge in [-0.25, -0.2) is 4.79 Å². The molecule has 0 bridgehead atoms. The van der Waals surface area contributed by atoms with Crippen LogP contribution >= 0.6 is 0 Å². The molecule has 0 aromatic heterocycles. The van der Waals surface area contributed by atoms with E-state index in [4.69, 9.17) is 9.16 Å². The zero-order valence-electron chi connectivity index (χ0n) is 16.4. The van der Waals surface area contributed by atoms with Crippen molar-refractivity contribution in [3.05, 3.63) is 72.8 Å². The van der Waals surface area contributed by atoms with Gasteiger partial charge in [-0.15, -0.1) is 0 Å². The van der Waals surface area contributed by atoms with Crippen LogP contribution in [0.1, 0.15) is 33.6 Å². The Balaban J connectivity index is 1.85. The fourth-order valence-electron chi connectivity index (χ4n) is 3.84. The molecule has 3 nitrogen and oxygen atoms in total. The molecule has 1 aliphatic heterocycles. The molecule has 0 N–H and O–H groups in total. The molecule has 1 atom stereocenters. The van der Waals surface area contributed by atoms with Crippen molar-refractivity contribution in [2.45, 2.75) is 44.8 Å². The maximum atomic E-state index is 11.2. The van der Waals surface area contributed by atoms with Gasteiger partial charge in [0.2, 0.25) is 0 Å². The van der Waals surface area contributed by atoms with Gasteiger partial charge in [0.15, 0.2) is 0 Å². The Morgan fingerprint density at radius 2 is 1.52 bits per heavy atom. The topological polar surface area (TPSA) is 35.5 Å². The number of carbonyl (C=O) groups excluding carboxylic acids is 1. The Bertz CT molecular complexity index is 739. The van der Waals surface area contributed by atoms with Crippen LogP contribution in [0.5, 0.6) is 0 Å². The molecule has 0 radical (unpaired) electrons. The highest BCUT2D eigenvalue weighted by molar-refractivity contribution is 6.99. The Labute approximate surface area is 163 Å². The average Bonchev–Trinajstić information content (AvgIpc) is 3.07. The zero-order chi connectivity index (χ0) is 19.3. The van der Waals surface area contributed by atoms with Crippen molar-refractivity contribution in [1.29, 1.82) is 0 Å². The van der Waals surface area contributed by atoms with E-state index in [1.54, 1.807) is 0 Å². The van der Waals surface area contributed by atoms with Crippen LogP contribution in [0.2, 0.25) is 5.04 Å². The van der Waals surface area contributed by atoms with Crippen LogP contribution in [0, 0.1) is 0 Å². The van der Waals surface area contributed by atoms with E-state index in [1.165, 1.54) is 16.4 Å². The number of esters is 1. The summed E-state index contributed by atoms with van der Waals surface area (Å²) in [6.45, 7) is 7.48. The van der Waals surface area contributed by atoms with Gasteiger partial charge in [-0.1, -0.05) is 81.4 Å². The molecule has 142 valence electrons. The second-order valence-corrected chi connectivity index (χ2v) is 12.3. The van der Waals surface area contributed by atoms with Gasteiger partial charge in [0.1, 0.15) is 6.10 Å². The summed E-state index contributed by atoms with van der Waals surface area (Å²) < 4.78 is 12.1. The number of hydrogen-bond donors (Lipinski definition) is 0. The van der Waals surface area contributed by atoms with Gasteiger partial charge in [-0.3, -0.25) is 0 Å². The number of rotatable bonds is 7. The lowest BCUT2D eigenvalue weighted by molar-refractivity contribution is -0.138. The number of ether oxygens (including phenoxy) is 1. The van der Waals surface area contributed by atoms with E-state index in [0.717, 1.165) is 12.8 Å². The molecule has 0 unspecified atom stereocenters. The van der Waals surface area contributed by atoms with Gasteiger partial charge in [0, 0.05) is 12.7 Å². The van der Waals surface area contributed by atoms with Crippen LogP contribution in [0.25, 0.3) is 0 Å². The van der Waals surface area contributed by atoms with Crippen LogP contribution in [-0.2, 0) is 14.0 Å². The fraction of sp³-hybridized carbons (Fsp3) is 0.348. The third kappa shape index (κ3) is 4.23. The molecular weight excluding hydrogens is 352 g/mol. The summed E-state index contributed by atoms with van der Waals surface area (Å²) in [5.74, 6) is -0.243. The SMILES string of the molecule is CC(C)(C)[Si](OCCC[C@H]1C=CC(=O)O1)(c1ccccc1)c1ccccc1. The lowest BCUT2D eigenvalue weighted by Crippen LogP contribution is -2.66. The molecule has 0 fully saturated rings. The van der Waals surface area contributed by atoms with E-state index in [0.29, 0.717) is 6.61 Å². The largest absolute Gasteiger partial charge is 0.455 e. The Morgan fingerprint density at radius 3 is 1.96 bits per heavy atom. The molecule has 1 aliphatic rings. The minimum atomic E-state index is -2.47. The Kier molecular flexibility index (Phi) is 5.97. The molecule has 0 saturated heterocycles. The molecule has 4 heteroatoms. The van der Waals surface area contributed by atoms with E-state index in [1.807, 2.05) is 6.08 Å². The minimum absolute atomic E-state index is 0.0184. The van der Waals surface area contributed by atoms with Gasteiger partial charge in [0.25, 0.3) is 8.32 Å². The van der Waals surface area contributed by atoms with Crippen LogP contribution < -0.4 is 10.4 Å². The van der Waals surface area contributed by atoms with Gasteiger partial charge >= 0.3 is 5.97 Å². The van der Waals surface area contributed by atoms with E-state index >= 15 is 0 Å². The first kappa shape index (κ1) is 19.6. The van der Waals surface area contributed by atoms with Gasteiger partial charge in [-0.2, -0.15) is 0 Å². The lowest BCUT2D eigenvalue weighted by atomic mass is 10.2. The zero-order valence-corrected chi connectivity index (χ0v) is 17.4. The Hall–Kier alpha value is -2.17. The second kappa shape index (κ2) is 8.24. The fourth-order valence-corrected chi connectivity index (χ4v) is 8.45. The van der Waals surface area contributed by atoms with Gasteiger partial charge in [0.05, 0.1) is 0 Å². The molecule has 3 rings (SSSR count). The van der Waals surface area contributed by atoms with Crippen molar-refractivity contribution >= 4 is 24.7 Å². The molecule has 27 heavy (non-hydrogen) atoms. The molecule has 0 aliphatic carbocycles. The number of hydrogen-bond acceptors (Lipinski definition) is 3. The van der Waals surface area contributed by atoms with E-state index in [2.05, 4.69) is 81.4 Å².